The molecule has 0 unspecified atom stereocenters. The molecule has 150 valence electrons. The summed E-state index contributed by atoms with van der Waals surface area (Å²) in [5.41, 5.74) is 6.09. The van der Waals surface area contributed by atoms with Crippen LogP contribution in [0.5, 0.6) is 11.5 Å². The zero-order valence-electron chi connectivity index (χ0n) is 17.4. The van der Waals surface area contributed by atoms with Crippen molar-refractivity contribution in [1.29, 1.82) is 0 Å². The molecule has 1 amide bonds. The zero-order chi connectivity index (χ0) is 21.0. The van der Waals surface area contributed by atoms with Crippen LogP contribution in [0.4, 0.5) is 5.69 Å². The van der Waals surface area contributed by atoms with Crippen molar-refractivity contribution in [3.8, 4) is 11.5 Å². The Bertz CT molecular complexity index is 1210. The molecule has 1 aliphatic heterocycles. The maximum absolute atomic E-state index is 13.1. The van der Waals surface area contributed by atoms with Gasteiger partial charge < -0.3 is 18.9 Å². The number of likely N-dealkylation sites (N-methyl/N-ethyl adjacent to an activating group) is 1. The van der Waals surface area contributed by atoms with E-state index >= 15 is 0 Å². The van der Waals surface area contributed by atoms with E-state index in [2.05, 4.69) is 0 Å². The second-order valence-electron chi connectivity index (χ2n) is 7.36. The Labute approximate surface area is 175 Å². The SMILES string of the molecule is COc1cc2c(cc1C)N(C)C(=O)/C2=C/c1c(Cl)n(C)c2cc(C)c(OC)cc12. The predicted molar refractivity (Wildman–Crippen MR) is 118 cm³/mol. The van der Waals surface area contributed by atoms with Crippen molar-refractivity contribution in [2.45, 2.75) is 13.8 Å². The molecule has 1 aliphatic rings. The molecule has 2 aromatic carbocycles. The van der Waals surface area contributed by atoms with E-state index in [9.17, 15) is 4.79 Å². The van der Waals surface area contributed by atoms with E-state index < -0.39 is 0 Å². The number of nitrogens with zero attached hydrogens (tertiary/aromatic N) is 2. The van der Waals surface area contributed by atoms with Gasteiger partial charge in [-0.05, 0) is 55.3 Å². The van der Waals surface area contributed by atoms with Gasteiger partial charge in [-0.25, -0.2) is 0 Å². The van der Waals surface area contributed by atoms with Crippen molar-refractivity contribution in [2.24, 2.45) is 7.05 Å². The maximum Gasteiger partial charge on any atom is 0.258 e. The predicted octanol–water partition coefficient (Wildman–Crippen LogP) is 4.98. The highest BCUT2D eigenvalue weighted by Gasteiger charge is 2.31. The Morgan fingerprint density at radius 1 is 0.966 bits per heavy atom. The van der Waals surface area contributed by atoms with Crippen molar-refractivity contribution >= 4 is 45.7 Å². The lowest BCUT2D eigenvalue weighted by molar-refractivity contribution is -0.112. The third-order valence-corrected chi connectivity index (χ3v) is 6.13. The first-order chi connectivity index (χ1) is 13.8. The third-order valence-electron chi connectivity index (χ3n) is 5.67. The molecule has 0 N–H and O–H groups in total. The van der Waals surface area contributed by atoms with E-state index in [4.69, 9.17) is 21.1 Å². The molecule has 0 fully saturated rings. The molecule has 5 nitrogen and oxygen atoms in total. The molecule has 6 heteroatoms. The quantitative estimate of drug-likeness (QED) is 0.572. The second-order valence-corrected chi connectivity index (χ2v) is 7.72. The van der Waals surface area contributed by atoms with Crippen molar-refractivity contribution < 1.29 is 14.3 Å². The average molecular weight is 411 g/mol. The Morgan fingerprint density at radius 3 is 2.24 bits per heavy atom. The zero-order valence-corrected chi connectivity index (χ0v) is 18.1. The van der Waals surface area contributed by atoms with E-state index in [0.29, 0.717) is 10.7 Å². The minimum absolute atomic E-state index is 0.0696. The molecule has 3 aromatic rings. The summed E-state index contributed by atoms with van der Waals surface area (Å²) in [5.74, 6) is 1.46. The number of hydrogen-bond donors (Lipinski definition) is 0. The van der Waals surface area contributed by atoms with Crippen molar-refractivity contribution in [3.63, 3.8) is 0 Å². The summed E-state index contributed by atoms with van der Waals surface area (Å²) < 4.78 is 12.9. The number of carbonyl (C=O) groups excluding carboxylic acids is 1. The van der Waals surface area contributed by atoms with Crippen molar-refractivity contribution in [3.05, 3.63) is 51.7 Å². The third kappa shape index (κ3) is 2.80. The number of carbonyl (C=O) groups is 1. The summed E-state index contributed by atoms with van der Waals surface area (Å²) in [7, 11) is 6.98. The smallest absolute Gasteiger partial charge is 0.258 e. The standard InChI is InChI=1S/C23H23ClN2O3/c1-12-7-18-14(10-20(12)28-5)16(22(24)25(18)3)9-17-15-11-21(29-6)13(2)8-19(15)26(4)23(17)27/h7-11H,1-6H3/b17-9+. The lowest BCUT2D eigenvalue weighted by atomic mass is 10.0. The van der Waals surface area contributed by atoms with E-state index in [0.717, 1.165) is 50.3 Å². The highest BCUT2D eigenvalue weighted by Crippen LogP contribution is 2.43. The van der Waals surface area contributed by atoms with Crippen molar-refractivity contribution in [2.75, 3.05) is 26.2 Å². The molecule has 0 spiro atoms. The van der Waals surface area contributed by atoms with E-state index in [1.807, 2.05) is 55.8 Å². The second kappa shape index (κ2) is 6.85. The molecule has 0 saturated carbocycles. The molecule has 0 aliphatic carbocycles. The van der Waals surface area contributed by atoms with Crippen LogP contribution in [-0.2, 0) is 11.8 Å². The first kappa shape index (κ1) is 19.4. The summed E-state index contributed by atoms with van der Waals surface area (Å²) in [6, 6.07) is 7.92. The number of amides is 1. The number of fused-ring (bicyclic) bond motifs is 2. The average Bonchev–Trinajstić information content (AvgIpc) is 3.07. The minimum Gasteiger partial charge on any atom is -0.496 e. The largest absolute Gasteiger partial charge is 0.496 e. The highest BCUT2D eigenvalue weighted by molar-refractivity contribution is 6.38. The van der Waals surface area contributed by atoms with Gasteiger partial charge in [-0.3, -0.25) is 4.79 Å². The minimum atomic E-state index is -0.0696. The van der Waals surface area contributed by atoms with Crippen LogP contribution in [0.15, 0.2) is 24.3 Å². The van der Waals surface area contributed by atoms with Gasteiger partial charge >= 0.3 is 0 Å². The molecule has 0 saturated heterocycles. The van der Waals surface area contributed by atoms with Gasteiger partial charge in [0.05, 0.1) is 31.0 Å². The summed E-state index contributed by atoms with van der Waals surface area (Å²) in [6.45, 7) is 3.97. The Morgan fingerprint density at radius 2 is 1.59 bits per heavy atom. The van der Waals surface area contributed by atoms with Crippen LogP contribution in [0.25, 0.3) is 22.6 Å². The Kier molecular flexibility index (Phi) is 4.58. The topological polar surface area (TPSA) is 43.7 Å². The lowest BCUT2D eigenvalue weighted by Crippen LogP contribution is -2.20. The van der Waals surface area contributed by atoms with Gasteiger partial charge in [0.1, 0.15) is 16.7 Å². The fourth-order valence-corrected chi connectivity index (χ4v) is 4.24. The number of aromatic nitrogens is 1. The summed E-state index contributed by atoms with van der Waals surface area (Å²) in [6.07, 6.45) is 1.87. The number of anilines is 1. The van der Waals surface area contributed by atoms with Crippen molar-refractivity contribution in [1.82, 2.24) is 4.57 Å². The van der Waals surface area contributed by atoms with Crippen LogP contribution in [0.3, 0.4) is 0 Å². The summed E-state index contributed by atoms with van der Waals surface area (Å²) in [4.78, 5) is 14.7. The van der Waals surface area contributed by atoms with Gasteiger partial charge in [-0.15, -0.1) is 0 Å². The molecule has 0 bridgehead atoms. The van der Waals surface area contributed by atoms with Crippen LogP contribution in [0, 0.1) is 13.8 Å². The van der Waals surface area contributed by atoms with Crippen LogP contribution in [0.2, 0.25) is 5.15 Å². The molecule has 2 heterocycles. The summed E-state index contributed by atoms with van der Waals surface area (Å²) in [5, 5.41) is 1.51. The van der Waals surface area contributed by atoms with Crippen LogP contribution in [-0.4, -0.2) is 31.7 Å². The molecule has 1 aromatic heterocycles. The number of halogens is 1. The van der Waals surface area contributed by atoms with E-state index in [-0.39, 0.29) is 5.91 Å². The fourth-order valence-electron chi connectivity index (χ4n) is 4.00. The van der Waals surface area contributed by atoms with E-state index in [1.54, 1.807) is 26.2 Å². The van der Waals surface area contributed by atoms with Gasteiger partial charge in [0, 0.05) is 30.6 Å². The Hall–Kier alpha value is -2.92. The van der Waals surface area contributed by atoms with Gasteiger partial charge in [-0.2, -0.15) is 0 Å². The lowest BCUT2D eigenvalue weighted by Gasteiger charge is -2.11. The van der Waals surface area contributed by atoms with Gasteiger partial charge in [0.2, 0.25) is 0 Å². The van der Waals surface area contributed by atoms with Gasteiger partial charge in [0.25, 0.3) is 5.91 Å². The number of hydrogen-bond acceptors (Lipinski definition) is 3. The first-order valence-electron chi connectivity index (χ1n) is 9.29. The first-order valence-corrected chi connectivity index (χ1v) is 9.67. The number of rotatable bonds is 3. The Balaban J connectivity index is 2.00. The number of ether oxygens (including phenoxy) is 2. The van der Waals surface area contributed by atoms with Crippen LogP contribution >= 0.6 is 11.6 Å². The maximum atomic E-state index is 13.1. The van der Waals surface area contributed by atoms with Crippen LogP contribution < -0.4 is 14.4 Å². The molecule has 29 heavy (non-hydrogen) atoms. The van der Waals surface area contributed by atoms with Gasteiger partial charge in [0.15, 0.2) is 0 Å². The molecular weight excluding hydrogens is 388 g/mol. The van der Waals surface area contributed by atoms with E-state index in [1.165, 1.54) is 0 Å². The normalized spacial score (nSPS) is 14.8. The van der Waals surface area contributed by atoms with Crippen LogP contribution in [0.1, 0.15) is 22.3 Å². The number of aryl methyl sites for hydroxylation is 3. The number of benzene rings is 2. The summed E-state index contributed by atoms with van der Waals surface area (Å²) >= 11 is 6.69. The molecule has 0 atom stereocenters. The molecule has 4 rings (SSSR count). The monoisotopic (exact) mass is 410 g/mol. The van der Waals surface area contributed by atoms with Gasteiger partial charge in [-0.1, -0.05) is 11.6 Å². The highest BCUT2D eigenvalue weighted by atomic mass is 35.5. The number of methoxy groups -OCH3 is 2. The molecule has 0 radical (unpaired) electrons. The fraction of sp³-hybridized carbons (Fsp3) is 0.261. The molecular formula is C23H23ClN2O3.